The van der Waals surface area contributed by atoms with Gasteiger partial charge in [0.2, 0.25) is 0 Å². The molecule has 0 spiro atoms. The number of hydrogen-bond acceptors (Lipinski definition) is 3. The number of aryl methyl sites for hydroxylation is 2. The Kier molecular flexibility index (Phi) is 3.99. The van der Waals surface area contributed by atoms with E-state index in [9.17, 15) is 8.60 Å². The Morgan fingerprint density at radius 3 is 2.79 bits per heavy atom. The van der Waals surface area contributed by atoms with Gasteiger partial charge in [-0.1, -0.05) is 0 Å². The Morgan fingerprint density at radius 2 is 2.16 bits per heavy atom. The van der Waals surface area contributed by atoms with Crippen molar-refractivity contribution in [3.8, 4) is 0 Å². The SMILES string of the molecule is CCn1nc(C)cc1CS(=O)c1ccc(N)c(F)c1. The smallest absolute Gasteiger partial charge is 0.147 e. The van der Waals surface area contributed by atoms with Crippen molar-refractivity contribution in [2.75, 3.05) is 5.73 Å². The maximum atomic E-state index is 13.4. The fourth-order valence-electron chi connectivity index (χ4n) is 1.86. The van der Waals surface area contributed by atoms with E-state index >= 15 is 0 Å². The quantitative estimate of drug-likeness (QED) is 0.874. The molecule has 0 aliphatic carbocycles. The second kappa shape index (κ2) is 5.52. The van der Waals surface area contributed by atoms with Crippen LogP contribution in [0.1, 0.15) is 18.3 Å². The van der Waals surface area contributed by atoms with Crippen LogP contribution in [0.3, 0.4) is 0 Å². The van der Waals surface area contributed by atoms with E-state index in [-0.39, 0.29) is 5.69 Å². The van der Waals surface area contributed by atoms with Crippen LogP contribution in [0.25, 0.3) is 0 Å². The predicted octanol–water partition coefficient (Wildman–Crippen LogP) is 2.24. The van der Waals surface area contributed by atoms with Crippen LogP contribution in [0.2, 0.25) is 0 Å². The van der Waals surface area contributed by atoms with E-state index in [1.807, 2.05) is 19.9 Å². The Labute approximate surface area is 113 Å². The largest absolute Gasteiger partial charge is 0.396 e. The van der Waals surface area contributed by atoms with Gasteiger partial charge in [-0.2, -0.15) is 5.10 Å². The summed E-state index contributed by atoms with van der Waals surface area (Å²) in [4.78, 5) is 0.438. The summed E-state index contributed by atoms with van der Waals surface area (Å²) in [6.45, 7) is 4.58. The monoisotopic (exact) mass is 281 g/mol. The maximum Gasteiger partial charge on any atom is 0.147 e. The molecule has 102 valence electrons. The number of hydrogen-bond donors (Lipinski definition) is 1. The molecule has 0 amide bonds. The summed E-state index contributed by atoms with van der Waals surface area (Å²) in [5.74, 6) is -0.219. The maximum absolute atomic E-state index is 13.4. The lowest BCUT2D eigenvalue weighted by Gasteiger charge is -2.06. The van der Waals surface area contributed by atoms with E-state index in [1.165, 1.54) is 12.1 Å². The molecule has 0 bridgehead atoms. The normalized spacial score (nSPS) is 12.6. The van der Waals surface area contributed by atoms with Crippen LogP contribution < -0.4 is 5.73 Å². The molecule has 19 heavy (non-hydrogen) atoms. The zero-order valence-corrected chi connectivity index (χ0v) is 11.7. The highest BCUT2D eigenvalue weighted by Gasteiger charge is 2.12. The molecule has 0 fully saturated rings. The summed E-state index contributed by atoms with van der Waals surface area (Å²) in [7, 11) is -1.31. The summed E-state index contributed by atoms with van der Waals surface area (Å²) in [6, 6.07) is 6.15. The van der Waals surface area contributed by atoms with Gasteiger partial charge < -0.3 is 5.73 Å². The first-order chi connectivity index (χ1) is 9.01. The van der Waals surface area contributed by atoms with E-state index in [2.05, 4.69) is 5.10 Å². The number of nitrogen functional groups attached to an aromatic ring is 1. The van der Waals surface area contributed by atoms with Crippen LogP contribution in [0, 0.1) is 12.7 Å². The number of anilines is 1. The average molecular weight is 281 g/mol. The van der Waals surface area contributed by atoms with Crippen LogP contribution in [0.5, 0.6) is 0 Å². The Bertz CT molecular complexity index is 624. The molecule has 1 unspecified atom stereocenters. The zero-order chi connectivity index (χ0) is 14.0. The van der Waals surface area contributed by atoms with Gasteiger partial charge in [0.1, 0.15) is 5.82 Å². The highest BCUT2D eigenvalue weighted by Crippen LogP contribution is 2.18. The molecule has 1 aromatic carbocycles. The third kappa shape index (κ3) is 3.01. The Morgan fingerprint density at radius 1 is 1.42 bits per heavy atom. The first-order valence-corrected chi connectivity index (χ1v) is 7.30. The van der Waals surface area contributed by atoms with Gasteiger partial charge in [0.15, 0.2) is 0 Å². The van der Waals surface area contributed by atoms with E-state index in [1.54, 1.807) is 10.7 Å². The van der Waals surface area contributed by atoms with Gasteiger partial charge in [-0.3, -0.25) is 8.89 Å². The summed E-state index contributed by atoms with van der Waals surface area (Å²) < 4.78 is 27.4. The first kappa shape index (κ1) is 13.7. The van der Waals surface area contributed by atoms with Gasteiger partial charge in [-0.15, -0.1) is 0 Å². The van der Waals surface area contributed by atoms with Crippen molar-refractivity contribution < 1.29 is 8.60 Å². The molecular formula is C13H16FN3OS. The van der Waals surface area contributed by atoms with Crippen molar-refractivity contribution in [1.82, 2.24) is 9.78 Å². The minimum atomic E-state index is -1.31. The van der Waals surface area contributed by atoms with E-state index in [4.69, 9.17) is 5.73 Å². The fraction of sp³-hybridized carbons (Fsp3) is 0.308. The summed E-state index contributed by atoms with van der Waals surface area (Å²) in [6.07, 6.45) is 0. The van der Waals surface area contributed by atoms with Gasteiger partial charge in [-0.05, 0) is 38.1 Å². The number of halogens is 1. The number of rotatable bonds is 4. The molecule has 1 heterocycles. The molecule has 1 atom stereocenters. The molecule has 0 aliphatic rings. The second-order valence-corrected chi connectivity index (χ2v) is 5.72. The third-order valence-corrected chi connectivity index (χ3v) is 4.14. The molecule has 4 nitrogen and oxygen atoms in total. The van der Waals surface area contributed by atoms with Crippen molar-refractivity contribution in [1.29, 1.82) is 0 Å². The van der Waals surface area contributed by atoms with Crippen LogP contribution in [-0.2, 0) is 23.1 Å². The number of benzene rings is 1. The standard InChI is InChI=1S/C13H16FN3OS/c1-3-17-10(6-9(2)16-17)8-19(18)11-4-5-13(15)12(14)7-11/h4-7H,3,8,15H2,1-2H3. The molecule has 0 aliphatic heterocycles. The Balaban J connectivity index is 2.22. The highest BCUT2D eigenvalue weighted by atomic mass is 32.2. The lowest BCUT2D eigenvalue weighted by Crippen LogP contribution is -2.06. The number of nitrogens with two attached hydrogens (primary N) is 1. The van der Waals surface area contributed by atoms with Crippen molar-refractivity contribution in [3.05, 3.63) is 41.5 Å². The summed E-state index contributed by atoms with van der Waals surface area (Å²) in [5, 5.41) is 4.30. The molecule has 6 heteroatoms. The molecule has 0 radical (unpaired) electrons. The molecule has 2 rings (SSSR count). The van der Waals surface area contributed by atoms with E-state index < -0.39 is 16.6 Å². The van der Waals surface area contributed by atoms with Gasteiger partial charge in [0.25, 0.3) is 0 Å². The van der Waals surface area contributed by atoms with E-state index in [0.29, 0.717) is 10.6 Å². The van der Waals surface area contributed by atoms with Crippen molar-refractivity contribution in [2.45, 2.75) is 31.0 Å². The zero-order valence-electron chi connectivity index (χ0n) is 10.9. The third-order valence-electron chi connectivity index (χ3n) is 2.80. The fourth-order valence-corrected chi connectivity index (χ4v) is 2.98. The Hall–Kier alpha value is -1.69. The van der Waals surface area contributed by atoms with Crippen molar-refractivity contribution in [3.63, 3.8) is 0 Å². The lowest BCUT2D eigenvalue weighted by atomic mass is 10.3. The molecular weight excluding hydrogens is 265 g/mol. The van der Waals surface area contributed by atoms with Gasteiger partial charge in [-0.25, -0.2) is 4.39 Å². The summed E-state index contributed by atoms with van der Waals surface area (Å²) in [5.41, 5.74) is 7.24. The van der Waals surface area contributed by atoms with Crippen LogP contribution >= 0.6 is 0 Å². The van der Waals surface area contributed by atoms with Crippen LogP contribution in [0.15, 0.2) is 29.2 Å². The topological polar surface area (TPSA) is 60.9 Å². The molecule has 2 aromatic rings. The number of nitrogens with zero attached hydrogens (tertiary/aromatic N) is 2. The van der Waals surface area contributed by atoms with Crippen LogP contribution in [0.4, 0.5) is 10.1 Å². The second-order valence-electron chi connectivity index (χ2n) is 4.27. The van der Waals surface area contributed by atoms with Crippen molar-refractivity contribution >= 4 is 16.5 Å². The average Bonchev–Trinajstić information content (AvgIpc) is 2.72. The van der Waals surface area contributed by atoms with Gasteiger partial charge in [0, 0.05) is 11.4 Å². The number of aromatic nitrogens is 2. The van der Waals surface area contributed by atoms with E-state index in [0.717, 1.165) is 17.9 Å². The minimum Gasteiger partial charge on any atom is -0.396 e. The minimum absolute atomic E-state index is 0.0650. The van der Waals surface area contributed by atoms with Crippen LogP contribution in [-0.4, -0.2) is 14.0 Å². The summed E-state index contributed by atoms with van der Waals surface area (Å²) >= 11 is 0. The van der Waals surface area contributed by atoms with Gasteiger partial charge >= 0.3 is 0 Å². The van der Waals surface area contributed by atoms with Crippen molar-refractivity contribution in [2.24, 2.45) is 0 Å². The molecule has 2 N–H and O–H groups in total. The molecule has 1 aromatic heterocycles. The highest BCUT2D eigenvalue weighted by molar-refractivity contribution is 7.84. The first-order valence-electron chi connectivity index (χ1n) is 5.98. The lowest BCUT2D eigenvalue weighted by molar-refractivity contribution is 0.623. The van der Waals surface area contributed by atoms with Gasteiger partial charge in [0.05, 0.1) is 33.6 Å². The predicted molar refractivity (Wildman–Crippen MR) is 73.6 cm³/mol. The molecule has 0 saturated carbocycles. The molecule has 0 saturated heterocycles.